The van der Waals surface area contributed by atoms with E-state index in [1.165, 1.54) is 16.7 Å². The smallest absolute Gasteiger partial charge is 0.0439 e. The van der Waals surface area contributed by atoms with Gasteiger partial charge in [-0.3, -0.25) is 0 Å². The molecule has 0 saturated heterocycles. The molecule has 22 heavy (non-hydrogen) atoms. The van der Waals surface area contributed by atoms with Gasteiger partial charge in [-0.2, -0.15) is 0 Å². The number of benzene rings is 2. The van der Waals surface area contributed by atoms with E-state index in [9.17, 15) is 5.11 Å². The van der Waals surface area contributed by atoms with Gasteiger partial charge in [0.2, 0.25) is 0 Å². The monoisotopic (exact) mass is 294 g/mol. The van der Waals surface area contributed by atoms with Crippen LogP contribution in [0, 0.1) is 0 Å². The van der Waals surface area contributed by atoms with Crippen molar-refractivity contribution in [1.82, 2.24) is 0 Å². The van der Waals surface area contributed by atoms with Gasteiger partial charge in [0.15, 0.2) is 0 Å². The summed E-state index contributed by atoms with van der Waals surface area (Å²) in [6.07, 6.45) is 4.24. The van der Waals surface area contributed by atoms with Gasteiger partial charge in [0.25, 0.3) is 0 Å². The van der Waals surface area contributed by atoms with Gasteiger partial charge in [-0.1, -0.05) is 68.4 Å². The highest BCUT2D eigenvalue weighted by atomic mass is 16.3. The van der Waals surface area contributed by atoms with Crippen LogP contribution >= 0.6 is 0 Å². The Labute approximate surface area is 134 Å². The van der Waals surface area contributed by atoms with Crippen LogP contribution in [0.15, 0.2) is 54.6 Å². The molecule has 0 radical (unpaired) electrons. The van der Waals surface area contributed by atoms with Gasteiger partial charge in [-0.05, 0) is 53.2 Å². The van der Waals surface area contributed by atoms with E-state index in [-0.39, 0.29) is 17.4 Å². The summed E-state index contributed by atoms with van der Waals surface area (Å²) in [6.45, 7) is 4.93. The Bertz CT molecular complexity index is 625. The molecule has 1 aliphatic carbocycles. The van der Waals surface area contributed by atoms with Crippen molar-refractivity contribution in [2.75, 3.05) is 6.61 Å². The minimum Gasteiger partial charge on any atom is -0.396 e. The largest absolute Gasteiger partial charge is 0.396 e. The fourth-order valence-corrected chi connectivity index (χ4v) is 4.35. The van der Waals surface area contributed by atoms with Crippen LogP contribution in [0.25, 0.3) is 0 Å². The molecule has 116 valence electrons. The van der Waals surface area contributed by atoms with Crippen molar-refractivity contribution in [2.24, 2.45) is 0 Å². The van der Waals surface area contributed by atoms with Crippen LogP contribution in [0.2, 0.25) is 0 Å². The van der Waals surface area contributed by atoms with Crippen LogP contribution in [0.4, 0.5) is 0 Å². The van der Waals surface area contributed by atoms with Gasteiger partial charge >= 0.3 is 0 Å². The summed E-state index contributed by atoms with van der Waals surface area (Å²) in [7, 11) is 0. The van der Waals surface area contributed by atoms with Gasteiger partial charge in [0.1, 0.15) is 0 Å². The van der Waals surface area contributed by atoms with Gasteiger partial charge in [-0.25, -0.2) is 0 Å². The second-order valence-corrected chi connectivity index (χ2v) is 7.34. The molecule has 2 aromatic rings. The van der Waals surface area contributed by atoms with Crippen molar-refractivity contribution in [3.8, 4) is 0 Å². The Morgan fingerprint density at radius 1 is 1.00 bits per heavy atom. The Morgan fingerprint density at radius 3 is 2.41 bits per heavy atom. The standard InChI is InChI=1S/C21H26O/c1-20(2,18-9-4-3-5-10-18)16-21(14-15-22)13-12-17-8-6-7-11-19(17)21/h3-11,22H,12-16H2,1-2H3. The molecule has 0 heterocycles. The zero-order valence-corrected chi connectivity index (χ0v) is 13.7. The van der Waals surface area contributed by atoms with E-state index in [2.05, 4.69) is 68.4 Å². The van der Waals surface area contributed by atoms with E-state index >= 15 is 0 Å². The SMILES string of the molecule is CC(C)(CC1(CCO)CCc2ccccc21)c1ccccc1. The van der Waals surface area contributed by atoms with Gasteiger partial charge in [0, 0.05) is 6.61 Å². The molecule has 1 unspecified atom stereocenters. The average molecular weight is 294 g/mol. The van der Waals surface area contributed by atoms with Crippen LogP contribution in [0.5, 0.6) is 0 Å². The van der Waals surface area contributed by atoms with E-state index in [0.29, 0.717) is 0 Å². The molecule has 1 atom stereocenters. The molecule has 1 nitrogen and oxygen atoms in total. The fraction of sp³-hybridized carbons (Fsp3) is 0.429. The number of aryl methyl sites for hydroxylation is 1. The molecule has 1 aliphatic rings. The number of fused-ring (bicyclic) bond motifs is 1. The maximum absolute atomic E-state index is 9.68. The Kier molecular flexibility index (Phi) is 4.10. The normalized spacial score (nSPS) is 20.9. The molecule has 0 bridgehead atoms. The maximum atomic E-state index is 9.68. The lowest BCUT2D eigenvalue weighted by atomic mass is 9.66. The zero-order chi connectivity index (χ0) is 15.6. The lowest BCUT2D eigenvalue weighted by Crippen LogP contribution is -2.34. The minimum absolute atomic E-state index is 0.105. The predicted octanol–water partition coefficient (Wildman–Crippen LogP) is 4.62. The summed E-state index contributed by atoms with van der Waals surface area (Å²) in [4.78, 5) is 0. The maximum Gasteiger partial charge on any atom is 0.0439 e. The highest BCUT2D eigenvalue weighted by Gasteiger charge is 2.42. The average Bonchev–Trinajstić information content (AvgIpc) is 2.87. The molecule has 0 fully saturated rings. The molecule has 2 aromatic carbocycles. The van der Waals surface area contributed by atoms with Crippen LogP contribution in [-0.2, 0) is 17.3 Å². The van der Waals surface area contributed by atoms with Gasteiger partial charge in [0.05, 0.1) is 0 Å². The number of aliphatic hydroxyl groups is 1. The van der Waals surface area contributed by atoms with E-state index in [4.69, 9.17) is 0 Å². The van der Waals surface area contributed by atoms with E-state index in [1.807, 2.05) is 0 Å². The number of aliphatic hydroxyl groups excluding tert-OH is 1. The van der Waals surface area contributed by atoms with Crippen molar-refractivity contribution in [1.29, 1.82) is 0 Å². The quantitative estimate of drug-likeness (QED) is 0.853. The van der Waals surface area contributed by atoms with Crippen LogP contribution < -0.4 is 0 Å². The highest BCUT2D eigenvalue weighted by molar-refractivity contribution is 5.40. The van der Waals surface area contributed by atoms with Crippen molar-refractivity contribution >= 4 is 0 Å². The molecular formula is C21H26O. The Morgan fingerprint density at radius 2 is 1.68 bits per heavy atom. The molecular weight excluding hydrogens is 268 g/mol. The summed E-state index contributed by atoms with van der Waals surface area (Å²) in [5.74, 6) is 0. The lowest BCUT2D eigenvalue weighted by Gasteiger charge is -2.38. The van der Waals surface area contributed by atoms with Gasteiger partial charge in [-0.15, -0.1) is 0 Å². The highest BCUT2D eigenvalue weighted by Crippen LogP contribution is 2.49. The summed E-state index contributed by atoms with van der Waals surface area (Å²) in [5.41, 5.74) is 4.54. The van der Waals surface area contributed by atoms with Gasteiger partial charge < -0.3 is 5.11 Å². The third-order valence-electron chi connectivity index (χ3n) is 5.39. The second kappa shape index (κ2) is 5.89. The number of hydrogen-bond acceptors (Lipinski definition) is 1. The van der Waals surface area contributed by atoms with Crippen LogP contribution in [-0.4, -0.2) is 11.7 Å². The van der Waals surface area contributed by atoms with E-state index in [0.717, 1.165) is 25.7 Å². The molecule has 1 N–H and O–H groups in total. The first-order chi connectivity index (χ1) is 10.6. The van der Waals surface area contributed by atoms with E-state index < -0.39 is 0 Å². The molecule has 3 rings (SSSR count). The Hall–Kier alpha value is -1.60. The first-order valence-corrected chi connectivity index (χ1v) is 8.32. The summed E-state index contributed by atoms with van der Waals surface area (Å²) in [6, 6.07) is 19.6. The summed E-state index contributed by atoms with van der Waals surface area (Å²) >= 11 is 0. The minimum atomic E-state index is 0.105. The molecule has 0 aromatic heterocycles. The molecule has 0 saturated carbocycles. The molecule has 0 spiro atoms. The molecule has 1 heteroatoms. The third-order valence-corrected chi connectivity index (χ3v) is 5.39. The predicted molar refractivity (Wildman–Crippen MR) is 92.2 cm³/mol. The van der Waals surface area contributed by atoms with Crippen LogP contribution in [0.3, 0.4) is 0 Å². The van der Waals surface area contributed by atoms with E-state index in [1.54, 1.807) is 0 Å². The summed E-state index contributed by atoms with van der Waals surface area (Å²) in [5, 5.41) is 9.68. The van der Waals surface area contributed by atoms with Crippen molar-refractivity contribution in [2.45, 2.75) is 50.4 Å². The topological polar surface area (TPSA) is 20.2 Å². The van der Waals surface area contributed by atoms with Crippen molar-refractivity contribution in [3.05, 3.63) is 71.3 Å². The molecule has 0 amide bonds. The van der Waals surface area contributed by atoms with Crippen LogP contribution in [0.1, 0.15) is 49.8 Å². The number of hydrogen-bond donors (Lipinski definition) is 1. The first-order valence-electron chi connectivity index (χ1n) is 8.32. The number of rotatable bonds is 5. The summed E-state index contributed by atoms with van der Waals surface area (Å²) < 4.78 is 0. The Balaban J connectivity index is 1.97. The third kappa shape index (κ3) is 2.70. The first kappa shape index (κ1) is 15.3. The van der Waals surface area contributed by atoms with Crippen molar-refractivity contribution < 1.29 is 5.11 Å². The second-order valence-electron chi connectivity index (χ2n) is 7.34. The molecule has 0 aliphatic heterocycles. The zero-order valence-electron chi connectivity index (χ0n) is 13.7. The lowest BCUT2D eigenvalue weighted by molar-refractivity contribution is 0.205. The van der Waals surface area contributed by atoms with Crippen molar-refractivity contribution in [3.63, 3.8) is 0 Å². The fourth-order valence-electron chi connectivity index (χ4n) is 4.35.